The van der Waals surface area contributed by atoms with E-state index in [2.05, 4.69) is 15.9 Å². The molecule has 0 amide bonds. The molecule has 0 aliphatic heterocycles. The second kappa shape index (κ2) is 2.88. The Bertz CT molecular complexity index is 473. The van der Waals surface area contributed by atoms with E-state index in [1.165, 1.54) is 0 Å². The molecule has 2 aromatic rings. The quantitative estimate of drug-likeness (QED) is 0.834. The van der Waals surface area contributed by atoms with Crippen LogP contribution in [0.25, 0.3) is 11.0 Å². The van der Waals surface area contributed by atoms with Gasteiger partial charge in [-0.15, -0.1) is 0 Å². The second-order valence-electron chi connectivity index (χ2n) is 2.55. The zero-order valence-electron chi connectivity index (χ0n) is 6.45. The second-order valence-corrected chi connectivity index (χ2v) is 3.34. The number of furan rings is 1. The zero-order valence-corrected chi connectivity index (χ0v) is 8.04. The van der Waals surface area contributed by atoms with E-state index in [-0.39, 0.29) is 5.76 Å². The van der Waals surface area contributed by atoms with E-state index in [4.69, 9.17) is 9.52 Å². The molecule has 0 bridgehead atoms. The van der Waals surface area contributed by atoms with Gasteiger partial charge in [-0.1, -0.05) is 12.1 Å². The monoisotopic (exact) mass is 240 g/mol. The Balaban J connectivity index is 2.81. The summed E-state index contributed by atoms with van der Waals surface area (Å²) in [4.78, 5) is 10.7. The van der Waals surface area contributed by atoms with E-state index in [0.717, 1.165) is 5.39 Å². The van der Waals surface area contributed by atoms with E-state index in [0.29, 0.717) is 10.1 Å². The third kappa shape index (κ3) is 1.23. The van der Waals surface area contributed by atoms with Crippen molar-refractivity contribution in [1.82, 2.24) is 0 Å². The average molecular weight is 241 g/mol. The van der Waals surface area contributed by atoms with Crippen LogP contribution in [0.4, 0.5) is 0 Å². The topological polar surface area (TPSA) is 50.4 Å². The van der Waals surface area contributed by atoms with E-state index in [1.54, 1.807) is 18.2 Å². The van der Waals surface area contributed by atoms with Gasteiger partial charge in [-0.25, -0.2) is 4.79 Å². The standard InChI is InChI=1S/C9H5BrO3/c10-7-5-3-1-2-4-6(5)13-8(7)9(11)12/h1-4H,(H,11,12). The number of halogens is 1. The van der Waals surface area contributed by atoms with Crippen molar-refractivity contribution in [1.29, 1.82) is 0 Å². The molecule has 0 saturated heterocycles. The largest absolute Gasteiger partial charge is 0.475 e. The SMILES string of the molecule is O=C(O)c1oc2ccccc2c1Br. The fourth-order valence-electron chi connectivity index (χ4n) is 1.15. The molecule has 1 N–H and O–H groups in total. The number of fused-ring (bicyclic) bond motifs is 1. The van der Waals surface area contributed by atoms with Crippen molar-refractivity contribution in [3.8, 4) is 0 Å². The first-order valence-electron chi connectivity index (χ1n) is 3.60. The van der Waals surface area contributed by atoms with Gasteiger partial charge in [0.2, 0.25) is 5.76 Å². The molecule has 0 aliphatic carbocycles. The number of carboxylic acids is 1. The summed E-state index contributed by atoms with van der Waals surface area (Å²) in [6, 6.07) is 7.15. The molecule has 0 radical (unpaired) electrons. The molecule has 1 heterocycles. The van der Waals surface area contributed by atoms with Gasteiger partial charge in [0.05, 0.1) is 4.47 Å². The Morgan fingerprint density at radius 3 is 2.69 bits per heavy atom. The summed E-state index contributed by atoms with van der Waals surface area (Å²) in [6.45, 7) is 0. The highest BCUT2D eigenvalue weighted by molar-refractivity contribution is 9.10. The summed E-state index contributed by atoms with van der Waals surface area (Å²) < 4.78 is 5.61. The van der Waals surface area contributed by atoms with Gasteiger partial charge in [0.1, 0.15) is 5.58 Å². The maximum absolute atomic E-state index is 10.7. The molecule has 13 heavy (non-hydrogen) atoms. The number of hydrogen-bond acceptors (Lipinski definition) is 2. The van der Waals surface area contributed by atoms with Crippen LogP contribution in [-0.4, -0.2) is 11.1 Å². The Morgan fingerprint density at radius 1 is 1.38 bits per heavy atom. The van der Waals surface area contributed by atoms with Crippen LogP contribution < -0.4 is 0 Å². The predicted octanol–water partition coefficient (Wildman–Crippen LogP) is 2.89. The molecular weight excluding hydrogens is 236 g/mol. The van der Waals surface area contributed by atoms with E-state index < -0.39 is 5.97 Å². The van der Waals surface area contributed by atoms with Crippen molar-refractivity contribution in [2.24, 2.45) is 0 Å². The van der Waals surface area contributed by atoms with Crippen LogP contribution in [0, 0.1) is 0 Å². The Kier molecular flexibility index (Phi) is 1.84. The maximum Gasteiger partial charge on any atom is 0.373 e. The van der Waals surface area contributed by atoms with Crippen LogP contribution >= 0.6 is 15.9 Å². The Hall–Kier alpha value is -1.29. The number of hydrogen-bond donors (Lipinski definition) is 1. The minimum absolute atomic E-state index is 0.0544. The van der Waals surface area contributed by atoms with Gasteiger partial charge in [-0.3, -0.25) is 0 Å². The van der Waals surface area contributed by atoms with Crippen molar-refractivity contribution in [3.63, 3.8) is 0 Å². The van der Waals surface area contributed by atoms with Crippen molar-refractivity contribution in [3.05, 3.63) is 34.5 Å². The summed E-state index contributed by atoms with van der Waals surface area (Å²) in [6.07, 6.45) is 0. The molecule has 0 saturated carbocycles. The summed E-state index contributed by atoms with van der Waals surface area (Å²) >= 11 is 3.18. The molecular formula is C9H5BrO3. The van der Waals surface area contributed by atoms with Crippen LogP contribution in [0.3, 0.4) is 0 Å². The summed E-state index contributed by atoms with van der Waals surface area (Å²) in [5.41, 5.74) is 0.576. The third-order valence-corrected chi connectivity index (χ3v) is 2.52. The molecule has 3 nitrogen and oxygen atoms in total. The van der Waals surface area contributed by atoms with Gasteiger partial charge in [-0.05, 0) is 28.1 Å². The van der Waals surface area contributed by atoms with Crippen LogP contribution in [0.2, 0.25) is 0 Å². The number of aromatic carboxylic acids is 1. The first-order chi connectivity index (χ1) is 6.20. The smallest absolute Gasteiger partial charge is 0.373 e. The molecule has 0 atom stereocenters. The first-order valence-corrected chi connectivity index (χ1v) is 4.40. The Labute approximate surface area is 82.1 Å². The lowest BCUT2D eigenvalue weighted by Gasteiger charge is -1.85. The highest BCUT2D eigenvalue weighted by Crippen LogP contribution is 2.30. The van der Waals surface area contributed by atoms with Crippen molar-refractivity contribution in [2.45, 2.75) is 0 Å². The molecule has 1 aromatic heterocycles. The van der Waals surface area contributed by atoms with Crippen LogP contribution in [0.5, 0.6) is 0 Å². The highest BCUT2D eigenvalue weighted by atomic mass is 79.9. The van der Waals surface area contributed by atoms with E-state index >= 15 is 0 Å². The molecule has 66 valence electrons. The van der Waals surface area contributed by atoms with Gasteiger partial charge in [0.25, 0.3) is 0 Å². The van der Waals surface area contributed by atoms with Crippen molar-refractivity contribution in [2.75, 3.05) is 0 Å². The van der Waals surface area contributed by atoms with Gasteiger partial charge in [-0.2, -0.15) is 0 Å². The average Bonchev–Trinajstić information content (AvgIpc) is 2.45. The Morgan fingerprint density at radius 2 is 2.08 bits per heavy atom. The number of carboxylic acid groups (broad SMARTS) is 1. The fourth-order valence-corrected chi connectivity index (χ4v) is 1.73. The minimum atomic E-state index is -1.07. The van der Waals surface area contributed by atoms with Gasteiger partial charge in [0.15, 0.2) is 0 Å². The van der Waals surface area contributed by atoms with E-state index in [9.17, 15) is 4.79 Å². The maximum atomic E-state index is 10.7. The van der Waals surface area contributed by atoms with Gasteiger partial charge >= 0.3 is 5.97 Å². The zero-order chi connectivity index (χ0) is 9.42. The van der Waals surface area contributed by atoms with Crippen LogP contribution in [-0.2, 0) is 0 Å². The lowest BCUT2D eigenvalue weighted by molar-refractivity contribution is 0.0663. The molecule has 1 aromatic carbocycles. The minimum Gasteiger partial charge on any atom is -0.475 e. The van der Waals surface area contributed by atoms with Crippen LogP contribution in [0.1, 0.15) is 10.6 Å². The number of para-hydroxylation sites is 1. The van der Waals surface area contributed by atoms with Crippen molar-refractivity contribution < 1.29 is 14.3 Å². The number of benzene rings is 1. The van der Waals surface area contributed by atoms with Gasteiger partial charge < -0.3 is 9.52 Å². The molecule has 0 unspecified atom stereocenters. The predicted molar refractivity (Wildman–Crippen MR) is 50.9 cm³/mol. The molecule has 0 aliphatic rings. The fraction of sp³-hybridized carbons (Fsp3) is 0. The summed E-state index contributed by atoms with van der Waals surface area (Å²) in [7, 11) is 0. The van der Waals surface area contributed by atoms with E-state index in [1.807, 2.05) is 6.07 Å². The van der Waals surface area contributed by atoms with Crippen molar-refractivity contribution >= 4 is 32.9 Å². The molecule has 0 spiro atoms. The lowest BCUT2D eigenvalue weighted by Crippen LogP contribution is -1.93. The molecule has 2 rings (SSSR count). The number of carbonyl (C=O) groups is 1. The molecule has 0 fully saturated rings. The highest BCUT2D eigenvalue weighted by Gasteiger charge is 2.16. The van der Waals surface area contributed by atoms with Crippen LogP contribution in [0.15, 0.2) is 33.2 Å². The third-order valence-electron chi connectivity index (χ3n) is 1.73. The first kappa shape index (κ1) is 8.31. The normalized spacial score (nSPS) is 10.5. The lowest BCUT2D eigenvalue weighted by atomic mass is 10.2. The summed E-state index contributed by atoms with van der Waals surface area (Å²) in [5.74, 6) is -1.12. The summed E-state index contributed by atoms with van der Waals surface area (Å²) in [5, 5.41) is 9.52. The molecule has 4 heteroatoms. The number of rotatable bonds is 1. The van der Waals surface area contributed by atoms with Gasteiger partial charge in [0, 0.05) is 5.39 Å².